The van der Waals surface area contributed by atoms with Gasteiger partial charge in [0, 0.05) is 0 Å². The number of hydrogen-bond acceptors (Lipinski definition) is 5. The van der Waals surface area contributed by atoms with E-state index in [1.54, 1.807) is 0 Å². The zero-order chi connectivity index (χ0) is 18.9. The van der Waals surface area contributed by atoms with Crippen LogP contribution >= 0.6 is 11.8 Å². The highest BCUT2D eigenvalue weighted by Gasteiger charge is 2.31. The molecule has 0 radical (unpaired) electrons. The van der Waals surface area contributed by atoms with Gasteiger partial charge in [0.25, 0.3) is 0 Å². The second-order valence-electron chi connectivity index (χ2n) is 6.32. The molecule has 0 aromatic rings. The lowest BCUT2D eigenvalue weighted by Crippen LogP contribution is -2.57. The zero-order valence-electron chi connectivity index (χ0n) is 15.2. The van der Waals surface area contributed by atoms with Crippen LogP contribution in [0.4, 0.5) is 0 Å². The van der Waals surface area contributed by atoms with Crippen molar-refractivity contribution in [2.75, 3.05) is 12.0 Å². The summed E-state index contributed by atoms with van der Waals surface area (Å²) in [5, 5.41) is 14.4. The van der Waals surface area contributed by atoms with Crippen molar-refractivity contribution in [2.24, 2.45) is 17.6 Å². The Labute approximate surface area is 148 Å². The van der Waals surface area contributed by atoms with Crippen LogP contribution < -0.4 is 16.4 Å². The summed E-state index contributed by atoms with van der Waals surface area (Å²) in [5.41, 5.74) is 5.82. The first-order valence-corrected chi connectivity index (χ1v) is 9.63. The first kappa shape index (κ1) is 22.7. The summed E-state index contributed by atoms with van der Waals surface area (Å²) >= 11 is 1.51. The fourth-order valence-electron chi connectivity index (χ4n) is 2.01. The minimum Gasteiger partial charge on any atom is -0.480 e. The van der Waals surface area contributed by atoms with Crippen LogP contribution in [0.15, 0.2) is 0 Å². The molecule has 7 nitrogen and oxygen atoms in total. The summed E-state index contributed by atoms with van der Waals surface area (Å²) in [6.07, 6.45) is 2.86. The molecule has 140 valence electrons. The molecule has 0 heterocycles. The molecule has 8 heteroatoms. The highest BCUT2D eigenvalue weighted by atomic mass is 32.2. The number of carbonyl (C=O) groups is 3. The standard InChI is InChI=1S/C16H31N3O4S/c1-6-10(4)13(19-14(20)12(17)9(2)3)15(21)18-11(16(22)23)7-8-24-5/h9-13H,6-8,17H2,1-5H3,(H,18,21)(H,19,20)(H,22,23). The smallest absolute Gasteiger partial charge is 0.326 e. The summed E-state index contributed by atoms with van der Waals surface area (Å²) in [6, 6.07) is -2.48. The molecule has 0 aliphatic rings. The van der Waals surface area contributed by atoms with E-state index in [9.17, 15) is 19.5 Å². The van der Waals surface area contributed by atoms with Crippen LogP contribution in [0.25, 0.3) is 0 Å². The molecule has 5 N–H and O–H groups in total. The quantitative estimate of drug-likeness (QED) is 0.432. The Bertz CT molecular complexity index is 432. The van der Waals surface area contributed by atoms with Crippen LogP contribution in [0.2, 0.25) is 0 Å². The molecule has 0 rings (SSSR count). The van der Waals surface area contributed by atoms with Gasteiger partial charge in [-0.3, -0.25) is 9.59 Å². The number of amides is 2. The van der Waals surface area contributed by atoms with E-state index in [1.807, 2.05) is 34.0 Å². The Hall–Kier alpha value is -1.28. The SMILES string of the molecule is CCC(C)C(NC(=O)C(N)C(C)C)C(=O)NC(CCSC)C(=O)O. The van der Waals surface area contributed by atoms with Crippen molar-refractivity contribution in [3.63, 3.8) is 0 Å². The molecule has 0 saturated carbocycles. The summed E-state index contributed by atoms with van der Waals surface area (Å²) in [6.45, 7) is 7.39. The third-order valence-corrected chi connectivity index (χ3v) is 4.68. The third-order valence-electron chi connectivity index (χ3n) is 4.04. The third kappa shape index (κ3) is 7.53. The topological polar surface area (TPSA) is 122 Å². The summed E-state index contributed by atoms with van der Waals surface area (Å²) < 4.78 is 0. The van der Waals surface area contributed by atoms with Gasteiger partial charge in [-0.15, -0.1) is 0 Å². The van der Waals surface area contributed by atoms with Gasteiger partial charge in [-0.2, -0.15) is 11.8 Å². The highest BCUT2D eigenvalue weighted by Crippen LogP contribution is 2.11. The first-order chi connectivity index (χ1) is 11.1. The lowest BCUT2D eigenvalue weighted by atomic mass is 9.96. The maximum atomic E-state index is 12.5. The van der Waals surface area contributed by atoms with E-state index < -0.39 is 35.9 Å². The van der Waals surface area contributed by atoms with Crippen molar-refractivity contribution in [1.29, 1.82) is 0 Å². The van der Waals surface area contributed by atoms with E-state index in [1.165, 1.54) is 11.8 Å². The second-order valence-corrected chi connectivity index (χ2v) is 7.31. The largest absolute Gasteiger partial charge is 0.480 e. The summed E-state index contributed by atoms with van der Waals surface area (Å²) in [5.74, 6) is -1.54. The Kier molecular flexibility index (Phi) is 10.7. The summed E-state index contributed by atoms with van der Waals surface area (Å²) in [7, 11) is 0. The van der Waals surface area contributed by atoms with Crippen LogP contribution in [-0.4, -0.2) is 53.0 Å². The Balaban J connectivity index is 5.06. The van der Waals surface area contributed by atoms with Gasteiger partial charge in [0.15, 0.2) is 0 Å². The van der Waals surface area contributed by atoms with Gasteiger partial charge < -0.3 is 21.5 Å². The normalized spacial score (nSPS) is 16.1. The van der Waals surface area contributed by atoms with Gasteiger partial charge >= 0.3 is 5.97 Å². The van der Waals surface area contributed by atoms with Gasteiger partial charge in [0.1, 0.15) is 12.1 Å². The monoisotopic (exact) mass is 361 g/mol. The first-order valence-electron chi connectivity index (χ1n) is 8.23. The lowest BCUT2D eigenvalue weighted by molar-refractivity contribution is -0.142. The minimum atomic E-state index is -1.08. The molecule has 4 unspecified atom stereocenters. The minimum absolute atomic E-state index is 0.0565. The van der Waals surface area contributed by atoms with Crippen molar-refractivity contribution < 1.29 is 19.5 Å². The van der Waals surface area contributed by atoms with Gasteiger partial charge in [-0.25, -0.2) is 4.79 Å². The van der Waals surface area contributed by atoms with E-state index in [0.717, 1.165) is 0 Å². The van der Waals surface area contributed by atoms with E-state index in [-0.39, 0.29) is 11.8 Å². The fraction of sp³-hybridized carbons (Fsp3) is 0.812. The average Bonchev–Trinajstić information content (AvgIpc) is 2.53. The molecule has 24 heavy (non-hydrogen) atoms. The predicted octanol–water partition coefficient (Wildman–Crippen LogP) is 0.823. The van der Waals surface area contributed by atoms with Crippen LogP contribution in [0.5, 0.6) is 0 Å². The van der Waals surface area contributed by atoms with E-state index in [2.05, 4.69) is 10.6 Å². The molecule has 2 amide bonds. The molecular weight excluding hydrogens is 330 g/mol. The van der Waals surface area contributed by atoms with Crippen LogP contribution in [0, 0.1) is 11.8 Å². The zero-order valence-corrected chi connectivity index (χ0v) is 16.0. The van der Waals surface area contributed by atoms with Crippen molar-refractivity contribution in [3.8, 4) is 0 Å². The van der Waals surface area contributed by atoms with Gasteiger partial charge in [-0.05, 0) is 30.3 Å². The Morgan fingerprint density at radius 2 is 1.71 bits per heavy atom. The Morgan fingerprint density at radius 3 is 2.12 bits per heavy atom. The van der Waals surface area contributed by atoms with Gasteiger partial charge in [0.2, 0.25) is 11.8 Å². The van der Waals surface area contributed by atoms with Crippen molar-refractivity contribution in [1.82, 2.24) is 10.6 Å². The van der Waals surface area contributed by atoms with Crippen molar-refractivity contribution in [2.45, 2.75) is 58.7 Å². The molecule has 0 bridgehead atoms. The Morgan fingerprint density at radius 1 is 1.12 bits per heavy atom. The maximum absolute atomic E-state index is 12.5. The molecule has 0 aliphatic carbocycles. The number of thioether (sulfide) groups is 1. The van der Waals surface area contributed by atoms with E-state index in [4.69, 9.17) is 5.73 Å². The van der Waals surface area contributed by atoms with Gasteiger partial charge in [-0.1, -0.05) is 34.1 Å². The average molecular weight is 362 g/mol. The van der Waals surface area contributed by atoms with Crippen molar-refractivity contribution >= 4 is 29.5 Å². The molecular formula is C16H31N3O4S. The molecule has 0 fully saturated rings. The number of hydrogen-bond donors (Lipinski definition) is 4. The maximum Gasteiger partial charge on any atom is 0.326 e. The van der Waals surface area contributed by atoms with E-state index in [0.29, 0.717) is 18.6 Å². The number of nitrogens with two attached hydrogens (primary N) is 1. The van der Waals surface area contributed by atoms with E-state index >= 15 is 0 Å². The summed E-state index contributed by atoms with van der Waals surface area (Å²) in [4.78, 5) is 36.0. The number of carboxylic acid groups (broad SMARTS) is 1. The van der Waals surface area contributed by atoms with Gasteiger partial charge in [0.05, 0.1) is 6.04 Å². The number of rotatable bonds is 11. The number of nitrogens with one attached hydrogen (secondary N) is 2. The number of carboxylic acids is 1. The predicted molar refractivity (Wildman–Crippen MR) is 96.8 cm³/mol. The van der Waals surface area contributed by atoms with Crippen LogP contribution in [0.1, 0.15) is 40.5 Å². The molecule has 0 spiro atoms. The highest BCUT2D eigenvalue weighted by molar-refractivity contribution is 7.98. The number of aliphatic carboxylic acids is 1. The molecule has 0 saturated heterocycles. The second kappa shape index (κ2) is 11.3. The van der Waals surface area contributed by atoms with Crippen LogP contribution in [0.3, 0.4) is 0 Å². The molecule has 4 atom stereocenters. The van der Waals surface area contributed by atoms with Crippen LogP contribution in [-0.2, 0) is 14.4 Å². The van der Waals surface area contributed by atoms with Crippen molar-refractivity contribution in [3.05, 3.63) is 0 Å². The molecule has 0 aliphatic heterocycles. The lowest BCUT2D eigenvalue weighted by Gasteiger charge is -2.27. The molecule has 0 aromatic heterocycles. The fourth-order valence-corrected chi connectivity index (χ4v) is 2.48. The number of carbonyl (C=O) groups excluding carboxylic acids is 2. The molecule has 0 aromatic carbocycles.